The molecule has 3 aromatic rings. The van der Waals surface area contributed by atoms with Crippen molar-refractivity contribution in [1.82, 2.24) is 24.6 Å². The first-order valence-corrected chi connectivity index (χ1v) is 8.02. The number of fused-ring (bicyclic) bond motifs is 1. The van der Waals surface area contributed by atoms with E-state index in [1.807, 2.05) is 6.07 Å². The molecule has 1 fully saturated rings. The molecular formula is C17H18FN5O. The minimum atomic E-state index is -0.220. The number of hydrogen-bond acceptors (Lipinski definition) is 4. The summed E-state index contributed by atoms with van der Waals surface area (Å²) in [4.78, 5) is 21.8. The van der Waals surface area contributed by atoms with Gasteiger partial charge in [0, 0.05) is 13.1 Å². The van der Waals surface area contributed by atoms with E-state index in [9.17, 15) is 9.18 Å². The Bertz CT molecular complexity index is 948. The average Bonchev–Trinajstić information content (AvgIpc) is 3.15. The SMILES string of the molecule is Cn1ncc2c(=O)[nH]c(CN3CCC[C@H]3c3cccc(F)c3)nc21. The van der Waals surface area contributed by atoms with Gasteiger partial charge in [0.25, 0.3) is 5.56 Å². The van der Waals surface area contributed by atoms with Crippen molar-refractivity contribution in [1.29, 1.82) is 0 Å². The van der Waals surface area contributed by atoms with E-state index >= 15 is 0 Å². The molecule has 1 saturated heterocycles. The van der Waals surface area contributed by atoms with Crippen LogP contribution in [0.5, 0.6) is 0 Å². The first-order valence-electron chi connectivity index (χ1n) is 8.02. The molecule has 1 aliphatic heterocycles. The van der Waals surface area contributed by atoms with E-state index in [-0.39, 0.29) is 17.4 Å². The largest absolute Gasteiger partial charge is 0.309 e. The Kier molecular flexibility index (Phi) is 3.65. The first-order chi connectivity index (χ1) is 11.6. The zero-order valence-electron chi connectivity index (χ0n) is 13.4. The summed E-state index contributed by atoms with van der Waals surface area (Å²) in [6.07, 6.45) is 3.54. The summed E-state index contributed by atoms with van der Waals surface area (Å²) in [7, 11) is 1.77. The number of nitrogens with one attached hydrogen (secondary N) is 1. The first kappa shape index (κ1) is 15.0. The molecule has 4 rings (SSSR count). The van der Waals surface area contributed by atoms with Gasteiger partial charge in [-0.3, -0.25) is 14.4 Å². The number of benzene rings is 1. The van der Waals surface area contributed by atoms with Gasteiger partial charge in [-0.05, 0) is 37.1 Å². The Morgan fingerprint density at radius 2 is 2.29 bits per heavy atom. The predicted octanol–water partition coefficient (Wildman–Crippen LogP) is 2.13. The number of H-pyrrole nitrogens is 1. The van der Waals surface area contributed by atoms with Crippen LogP contribution in [-0.2, 0) is 13.6 Å². The smallest absolute Gasteiger partial charge is 0.262 e. The van der Waals surface area contributed by atoms with Crippen molar-refractivity contribution >= 4 is 11.0 Å². The zero-order chi connectivity index (χ0) is 16.7. The van der Waals surface area contributed by atoms with Crippen LogP contribution < -0.4 is 5.56 Å². The van der Waals surface area contributed by atoms with Gasteiger partial charge in [0.1, 0.15) is 17.0 Å². The second-order valence-corrected chi connectivity index (χ2v) is 6.20. The number of aryl methyl sites for hydroxylation is 1. The number of hydrogen-bond donors (Lipinski definition) is 1. The Hall–Kier alpha value is -2.54. The van der Waals surface area contributed by atoms with Crippen LogP contribution in [0.1, 0.15) is 30.3 Å². The molecule has 1 N–H and O–H groups in total. The Balaban J connectivity index is 1.64. The highest BCUT2D eigenvalue weighted by atomic mass is 19.1. The Morgan fingerprint density at radius 3 is 3.12 bits per heavy atom. The molecule has 0 bridgehead atoms. The molecule has 0 saturated carbocycles. The van der Waals surface area contributed by atoms with Gasteiger partial charge in [0.2, 0.25) is 0 Å². The number of nitrogens with zero attached hydrogens (tertiary/aromatic N) is 4. The second kappa shape index (κ2) is 5.83. The lowest BCUT2D eigenvalue weighted by molar-refractivity contribution is 0.242. The van der Waals surface area contributed by atoms with Crippen LogP contribution in [0.15, 0.2) is 35.3 Å². The summed E-state index contributed by atoms with van der Waals surface area (Å²) in [5.41, 5.74) is 1.37. The number of aromatic amines is 1. The van der Waals surface area contributed by atoms with Gasteiger partial charge in [-0.2, -0.15) is 5.10 Å². The van der Waals surface area contributed by atoms with Crippen LogP contribution in [0.2, 0.25) is 0 Å². The van der Waals surface area contributed by atoms with E-state index in [1.54, 1.807) is 23.9 Å². The molecule has 124 valence electrons. The third-order valence-electron chi connectivity index (χ3n) is 4.60. The number of aromatic nitrogens is 4. The average molecular weight is 327 g/mol. The summed E-state index contributed by atoms with van der Waals surface area (Å²) in [5.74, 6) is 0.390. The van der Waals surface area contributed by atoms with Gasteiger partial charge >= 0.3 is 0 Å². The second-order valence-electron chi connectivity index (χ2n) is 6.20. The van der Waals surface area contributed by atoms with Crippen LogP contribution in [-0.4, -0.2) is 31.2 Å². The molecular weight excluding hydrogens is 309 g/mol. The molecule has 1 aromatic carbocycles. The molecule has 0 radical (unpaired) electrons. The summed E-state index contributed by atoms with van der Waals surface area (Å²) >= 11 is 0. The monoisotopic (exact) mass is 327 g/mol. The molecule has 1 atom stereocenters. The van der Waals surface area contributed by atoms with Gasteiger partial charge in [-0.1, -0.05) is 12.1 Å². The molecule has 0 unspecified atom stereocenters. The lowest BCUT2D eigenvalue weighted by atomic mass is 10.0. The van der Waals surface area contributed by atoms with Gasteiger partial charge in [-0.25, -0.2) is 9.37 Å². The highest BCUT2D eigenvalue weighted by molar-refractivity contribution is 5.72. The fraction of sp³-hybridized carbons (Fsp3) is 0.353. The summed E-state index contributed by atoms with van der Waals surface area (Å²) < 4.78 is 15.1. The molecule has 0 amide bonds. The van der Waals surface area contributed by atoms with Crippen molar-refractivity contribution in [3.63, 3.8) is 0 Å². The standard InChI is InChI=1S/C17H18FN5O/c1-22-16-13(9-19-22)17(24)21-15(20-16)10-23-7-3-6-14(23)11-4-2-5-12(18)8-11/h2,4-5,8-9,14H,3,6-7,10H2,1H3,(H,20,21,24)/t14-/m0/s1. The summed E-state index contributed by atoms with van der Waals surface area (Å²) in [6, 6.07) is 6.88. The molecule has 0 spiro atoms. The van der Waals surface area contributed by atoms with Gasteiger partial charge in [0.05, 0.1) is 12.7 Å². The van der Waals surface area contributed by atoms with Crippen molar-refractivity contribution in [3.8, 4) is 0 Å². The molecule has 24 heavy (non-hydrogen) atoms. The van der Waals surface area contributed by atoms with Crippen LogP contribution >= 0.6 is 0 Å². The molecule has 7 heteroatoms. The maximum Gasteiger partial charge on any atom is 0.262 e. The molecule has 0 aliphatic carbocycles. The van der Waals surface area contributed by atoms with Crippen LogP contribution in [0.3, 0.4) is 0 Å². The predicted molar refractivity (Wildman–Crippen MR) is 87.9 cm³/mol. The van der Waals surface area contributed by atoms with E-state index in [2.05, 4.69) is 20.0 Å². The number of likely N-dealkylation sites (tertiary alicyclic amines) is 1. The van der Waals surface area contributed by atoms with E-state index in [0.717, 1.165) is 24.9 Å². The minimum absolute atomic E-state index is 0.147. The van der Waals surface area contributed by atoms with E-state index in [1.165, 1.54) is 12.3 Å². The normalized spacial score (nSPS) is 18.5. The number of rotatable bonds is 3. The van der Waals surface area contributed by atoms with E-state index < -0.39 is 0 Å². The van der Waals surface area contributed by atoms with Crippen LogP contribution in [0, 0.1) is 5.82 Å². The fourth-order valence-corrected chi connectivity index (χ4v) is 3.45. The third kappa shape index (κ3) is 2.60. The highest BCUT2D eigenvalue weighted by Gasteiger charge is 2.27. The van der Waals surface area contributed by atoms with Crippen molar-refractivity contribution in [3.05, 3.63) is 58.0 Å². The molecule has 1 aliphatic rings. The molecule has 3 heterocycles. The van der Waals surface area contributed by atoms with Crippen LogP contribution in [0.25, 0.3) is 11.0 Å². The van der Waals surface area contributed by atoms with Crippen LogP contribution in [0.4, 0.5) is 4.39 Å². The van der Waals surface area contributed by atoms with E-state index in [0.29, 0.717) is 23.4 Å². The van der Waals surface area contributed by atoms with Crippen molar-refractivity contribution in [2.45, 2.75) is 25.4 Å². The maximum absolute atomic E-state index is 13.5. The topological polar surface area (TPSA) is 66.8 Å². The highest BCUT2D eigenvalue weighted by Crippen LogP contribution is 2.32. The fourth-order valence-electron chi connectivity index (χ4n) is 3.45. The third-order valence-corrected chi connectivity index (χ3v) is 4.60. The Labute approximate surface area is 137 Å². The Morgan fingerprint density at radius 1 is 1.42 bits per heavy atom. The molecule has 2 aromatic heterocycles. The quantitative estimate of drug-likeness (QED) is 0.800. The minimum Gasteiger partial charge on any atom is -0.309 e. The van der Waals surface area contributed by atoms with Crippen molar-refractivity contribution < 1.29 is 4.39 Å². The summed E-state index contributed by atoms with van der Waals surface area (Å²) in [6.45, 7) is 1.42. The maximum atomic E-state index is 13.5. The van der Waals surface area contributed by atoms with Crippen molar-refractivity contribution in [2.75, 3.05) is 6.54 Å². The number of halogens is 1. The van der Waals surface area contributed by atoms with Gasteiger partial charge in [-0.15, -0.1) is 0 Å². The van der Waals surface area contributed by atoms with E-state index in [4.69, 9.17) is 0 Å². The van der Waals surface area contributed by atoms with Gasteiger partial charge in [0.15, 0.2) is 5.65 Å². The lowest BCUT2D eigenvalue weighted by Crippen LogP contribution is -2.25. The molecule has 6 nitrogen and oxygen atoms in total. The summed E-state index contributed by atoms with van der Waals surface area (Å²) in [5, 5.41) is 4.57. The lowest BCUT2D eigenvalue weighted by Gasteiger charge is -2.24. The van der Waals surface area contributed by atoms with Crippen molar-refractivity contribution in [2.24, 2.45) is 7.05 Å². The zero-order valence-corrected chi connectivity index (χ0v) is 13.4. The van der Waals surface area contributed by atoms with Gasteiger partial charge < -0.3 is 4.98 Å².